The molecule has 6 heteroatoms. The monoisotopic (exact) mass is 361 g/mol. The van der Waals surface area contributed by atoms with Crippen LogP contribution < -0.4 is 0 Å². The fraction of sp³-hybridized carbons (Fsp3) is 0.250. The number of fused-ring (bicyclic) bond motifs is 1. The van der Waals surface area contributed by atoms with Crippen molar-refractivity contribution in [2.45, 2.75) is 18.9 Å². The highest BCUT2D eigenvalue weighted by molar-refractivity contribution is 7.09. The van der Waals surface area contributed by atoms with Crippen LogP contribution in [0.5, 0.6) is 0 Å². The molecule has 0 unspecified atom stereocenters. The second-order valence-corrected chi connectivity index (χ2v) is 7.76. The number of nitrogens with zero attached hydrogens (tertiary/aromatic N) is 5. The molecule has 0 radical (unpaired) electrons. The van der Waals surface area contributed by atoms with Crippen molar-refractivity contribution in [3.63, 3.8) is 0 Å². The first-order chi connectivity index (χ1) is 12.8. The summed E-state index contributed by atoms with van der Waals surface area (Å²) in [5.41, 5.74) is 3.18. The van der Waals surface area contributed by atoms with Gasteiger partial charge in [-0.25, -0.2) is 9.50 Å². The molecule has 4 aromatic heterocycles. The SMILES string of the molecule is c1csc(CN2CC[C@H](c3nc4ccc(-c5ccncc5)cn4n3)C2)c1. The molecule has 0 amide bonds. The van der Waals surface area contributed by atoms with Gasteiger partial charge in [0.2, 0.25) is 0 Å². The molecule has 0 saturated carbocycles. The van der Waals surface area contributed by atoms with E-state index >= 15 is 0 Å². The van der Waals surface area contributed by atoms with Gasteiger partial charge in [0.05, 0.1) is 0 Å². The molecule has 1 aliphatic rings. The largest absolute Gasteiger partial charge is 0.298 e. The van der Waals surface area contributed by atoms with Gasteiger partial charge in [-0.3, -0.25) is 9.88 Å². The maximum Gasteiger partial charge on any atom is 0.156 e. The first-order valence-electron chi connectivity index (χ1n) is 8.86. The van der Waals surface area contributed by atoms with Crippen LogP contribution >= 0.6 is 11.3 Å². The van der Waals surface area contributed by atoms with Crippen molar-refractivity contribution in [1.82, 2.24) is 24.5 Å². The van der Waals surface area contributed by atoms with E-state index in [0.717, 1.165) is 48.7 Å². The lowest BCUT2D eigenvalue weighted by atomic mass is 10.1. The van der Waals surface area contributed by atoms with Gasteiger partial charge in [-0.2, -0.15) is 5.10 Å². The Hall–Kier alpha value is -2.57. The number of hydrogen-bond donors (Lipinski definition) is 0. The maximum atomic E-state index is 4.78. The highest BCUT2D eigenvalue weighted by Crippen LogP contribution is 2.28. The van der Waals surface area contributed by atoms with Gasteiger partial charge in [-0.1, -0.05) is 6.07 Å². The van der Waals surface area contributed by atoms with Crippen LogP contribution in [-0.2, 0) is 6.54 Å². The fourth-order valence-corrected chi connectivity index (χ4v) is 4.34. The van der Waals surface area contributed by atoms with Crippen molar-refractivity contribution in [1.29, 1.82) is 0 Å². The second-order valence-electron chi connectivity index (χ2n) is 6.73. The van der Waals surface area contributed by atoms with Crippen molar-refractivity contribution in [3.8, 4) is 11.1 Å². The van der Waals surface area contributed by atoms with Crippen LogP contribution in [0.2, 0.25) is 0 Å². The molecule has 4 aromatic rings. The molecule has 5 heterocycles. The molecule has 1 saturated heterocycles. The standard InChI is InChI=1S/C20H19N5S/c1-2-18(26-11-1)14-24-10-7-17(12-24)20-22-19-4-3-16(13-25(19)23-20)15-5-8-21-9-6-15/h1-6,8-9,11,13,17H,7,10,12,14H2/t17-/m0/s1. The topological polar surface area (TPSA) is 46.3 Å². The predicted molar refractivity (Wildman–Crippen MR) is 103 cm³/mol. The molecule has 26 heavy (non-hydrogen) atoms. The van der Waals surface area contributed by atoms with Crippen molar-refractivity contribution in [3.05, 3.63) is 71.1 Å². The Morgan fingerprint density at radius 3 is 2.85 bits per heavy atom. The minimum Gasteiger partial charge on any atom is -0.298 e. The van der Waals surface area contributed by atoms with Gasteiger partial charge in [0.25, 0.3) is 0 Å². The lowest BCUT2D eigenvalue weighted by Crippen LogP contribution is -2.19. The Bertz CT molecular complexity index is 1010. The molecule has 0 N–H and O–H groups in total. The Kier molecular flexibility index (Phi) is 3.99. The van der Waals surface area contributed by atoms with E-state index in [9.17, 15) is 0 Å². The Morgan fingerprint density at radius 2 is 2.00 bits per heavy atom. The van der Waals surface area contributed by atoms with E-state index in [1.54, 1.807) is 0 Å². The second kappa shape index (κ2) is 6.63. The molecule has 1 atom stereocenters. The third-order valence-corrected chi connectivity index (χ3v) is 5.82. The summed E-state index contributed by atoms with van der Waals surface area (Å²) in [6.07, 6.45) is 6.80. The summed E-state index contributed by atoms with van der Waals surface area (Å²) in [6.45, 7) is 3.18. The van der Waals surface area contributed by atoms with Crippen LogP contribution in [0.25, 0.3) is 16.8 Å². The number of likely N-dealkylation sites (tertiary alicyclic amines) is 1. The molecule has 5 rings (SSSR count). The van der Waals surface area contributed by atoms with Gasteiger partial charge in [0.15, 0.2) is 11.5 Å². The van der Waals surface area contributed by atoms with Gasteiger partial charge in [0, 0.05) is 48.0 Å². The zero-order chi connectivity index (χ0) is 17.3. The smallest absolute Gasteiger partial charge is 0.156 e. The summed E-state index contributed by atoms with van der Waals surface area (Å²) in [5.74, 6) is 1.38. The molecule has 5 nitrogen and oxygen atoms in total. The van der Waals surface area contributed by atoms with E-state index in [-0.39, 0.29) is 0 Å². The molecule has 0 bridgehead atoms. The molecule has 0 aromatic carbocycles. The Morgan fingerprint density at radius 1 is 1.08 bits per heavy atom. The van der Waals surface area contributed by atoms with Crippen molar-refractivity contribution in [2.75, 3.05) is 13.1 Å². The molecular formula is C20H19N5S. The first-order valence-corrected chi connectivity index (χ1v) is 9.74. The lowest BCUT2D eigenvalue weighted by Gasteiger charge is -2.13. The summed E-state index contributed by atoms with van der Waals surface area (Å²) in [6, 6.07) is 12.5. The molecule has 0 aliphatic carbocycles. The predicted octanol–water partition coefficient (Wildman–Crippen LogP) is 3.84. The zero-order valence-electron chi connectivity index (χ0n) is 14.3. The van der Waals surface area contributed by atoms with E-state index in [2.05, 4.69) is 39.7 Å². The van der Waals surface area contributed by atoms with E-state index in [1.165, 1.54) is 4.88 Å². The summed E-state index contributed by atoms with van der Waals surface area (Å²) in [5, 5.41) is 6.92. The number of pyridine rings is 2. The minimum atomic E-state index is 0.416. The zero-order valence-corrected chi connectivity index (χ0v) is 15.1. The van der Waals surface area contributed by atoms with E-state index in [0.29, 0.717) is 5.92 Å². The average Bonchev–Trinajstić information content (AvgIpc) is 3.42. The third kappa shape index (κ3) is 3.02. The van der Waals surface area contributed by atoms with E-state index < -0.39 is 0 Å². The van der Waals surface area contributed by atoms with E-state index in [1.807, 2.05) is 46.4 Å². The van der Waals surface area contributed by atoms with Crippen LogP contribution in [0.3, 0.4) is 0 Å². The van der Waals surface area contributed by atoms with Gasteiger partial charge in [-0.05, 0) is 54.2 Å². The van der Waals surface area contributed by atoms with Crippen LogP contribution in [-0.4, -0.2) is 37.6 Å². The van der Waals surface area contributed by atoms with Gasteiger partial charge < -0.3 is 0 Å². The minimum absolute atomic E-state index is 0.416. The highest BCUT2D eigenvalue weighted by Gasteiger charge is 2.27. The van der Waals surface area contributed by atoms with Crippen molar-refractivity contribution >= 4 is 17.0 Å². The number of hydrogen-bond acceptors (Lipinski definition) is 5. The summed E-state index contributed by atoms with van der Waals surface area (Å²) >= 11 is 1.83. The number of rotatable bonds is 4. The van der Waals surface area contributed by atoms with Crippen molar-refractivity contribution < 1.29 is 0 Å². The van der Waals surface area contributed by atoms with Crippen LogP contribution in [0, 0.1) is 0 Å². The van der Waals surface area contributed by atoms with Gasteiger partial charge in [0.1, 0.15) is 0 Å². The van der Waals surface area contributed by atoms with Crippen LogP contribution in [0.4, 0.5) is 0 Å². The van der Waals surface area contributed by atoms with Gasteiger partial charge in [-0.15, -0.1) is 11.3 Å². The summed E-state index contributed by atoms with van der Waals surface area (Å²) in [7, 11) is 0. The normalized spacial score (nSPS) is 17.9. The molecule has 0 spiro atoms. The Labute approximate surface area is 156 Å². The maximum absolute atomic E-state index is 4.78. The molecule has 1 fully saturated rings. The molecule has 1 aliphatic heterocycles. The number of aromatic nitrogens is 4. The lowest BCUT2D eigenvalue weighted by molar-refractivity contribution is 0.328. The van der Waals surface area contributed by atoms with Crippen molar-refractivity contribution in [2.24, 2.45) is 0 Å². The highest BCUT2D eigenvalue weighted by atomic mass is 32.1. The fourth-order valence-electron chi connectivity index (χ4n) is 3.60. The molecule has 130 valence electrons. The third-order valence-electron chi connectivity index (χ3n) is 4.96. The number of thiophene rings is 1. The van der Waals surface area contributed by atoms with Crippen LogP contribution in [0.1, 0.15) is 23.0 Å². The quantitative estimate of drug-likeness (QED) is 0.554. The van der Waals surface area contributed by atoms with E-state index in [4.69, 9.17) is 10.1 Å². The van der Waals surface area contributed by atoms with Gasteiger partial charge >= 0.3 is 0 Å². The first kappa shape index (κ1) is 15.7. The Balaban J connectivity index is 1.36. The molecular weight excluding hydrogens is 342 g/mol. The summed E-state index contributed by atoms with van der Waals surface area (Å²) < 4.78 is 1.91. The summed E-state index contributed by atoms with van der Waals surface area (Å²) in [4.78, 5) is 12.8. The van der Waals surface area contributed by atoms with Crippen LogP contribution in [0.15, 0.2) is 60.4 Å². The average molecular weight is 361 g/mol.